The maximum Gasteiger partial charge on any atom is 0.323 e. The number of halogens is 1. The molecule has 0 radical (unpaired) electrons. The van der Waals surface area contributed by atoms with Gasteiger partial charge in [0.25, 0.3) is 0 Å². The van der Waals surface area contributed by atoms with Crippen molar-refractivity contribution in [3.63, 3.8) is 0 Å². The monoisotopic (exact) mass is 253 g/mol. The van der Waals surface area contributed by atoms with Crippen LogP contribution in [-0.2, 0) is 16.1 Å². The summed E-state index contributed by atoms with van der Waals surface area (Å²) in [6.45, 7) is 0.650. The quantitative estimate of drug-likeness (QED) is 0.814. The molecular weight excluding hydrogens is 237 g/mol. The third kappa shape index (κ3) is 2.68. The van der Waals surface area contributed by atoms with Crippen molar-refractivity contribution in [3.8, 4) is 0 Å². The van der Waals surface area contributed by atoms with E-state index in [-0.39, 0.29) is 11.8 Å². The lowest BCUT2D eigenvalue weighted by molar-refractivity contribution is -0.146. The zero-order valence-electron chi connectivity index (χ0n) is 10.2. The average Bonchev–Trinajstić information content (AvgIpc) is 2.72. The standard InChI is InChI=1S/C13H16FNO3/c1-18-13(17)12-6-10(16)8-15(12)7-9-4-2-3-5-11(9)14/h2-5,10,12,16H,6-8H2,1H3. The van der Waals surface area contributed by atoms with Gasteiger partial charge in [-0.2, -0.15) is 0 Å². The molecule has 1 aromatic rings. The van der Waals surface area contributed by atoms with Crippen LogP contribution in [0, 0.1) is 5.82 Å². The van der Waals surface area contributed by atoms with Crippen molar-refractivity contribution in [3.05, 3.63) is 35.6 Å². The first kappa shape index (κ1) is 13.0. The van der Waals surface area contributed by atoms with Gasteiger partial charge in [-0.15, -0.1) is 0 Å². The van der Waals surface area contributed by atoms with Crippen LogP contribution in [0.5, 0.6) is 0 Å². The largest absolute Gasteiger partial charge is 0.468 e. The molecular formula is C13H16FNO3. The number of likely N-dealkylation sites (tertiary alicyclic amines) is 1. The van der Waals surface area contributed by atoms with E-state index in [0.29, 0.717) is 25.1 Å². The molecule has 0 spiro atoms. The number of ether oxygens (including phenoxy) is 1. The van der Waals surface area contributed by atoms with E-state index >= 15 is 0 Å². The zero-order chi connectivity index (χ0) is 13.1. The van der Waals surface area contributed by atoms with E-state index in [0.717, 1.165) is 0 Å². The molecule has 1 heterocycles. The Morgan fingerprint density at radius 3 is 2.94 bits per heavy atom. The number of β-amino-alcohol motifs (C(OH)–C–C–N with tert-alkyl or cyclic N) is 1. The zero-order valence-corrected chi connectivity index (χ0v) is 10.2. The van der Waals surface area contributed by atoms with Crippen molar-refractivity contribution in [2.75, 3.05) is 13.7 Å². The summed E-state index contributed by atoms with van der Waals surface area (Å²) in [5.74, 6) is -0.689. The highest BCUT2D eigenvalue weighted by Crippen LogP contribution is 2.22. The van der Waals surface area contributed by atoms with E-state index in [9.17, 15) is 14.3 Å². The van der Waals surface area contributed by atoms with Crippen molar-refractivity contribution >= 4 is 5.97 Å². The number of carbonyl (C=O) groups excluding carboxylic acids is 1. The van der Waals surface area contributed by atoms with Crippen molar-refractivity contribution < 1.29 is 19.0 Å². The first-order valence-electron chi connectivity index (χ1n) is 5.85. The van der Waals surface area contributed by atoms with Gasteiger partial charge in [-0.25, -0.2) is 4.39 Å². The number of benzene rings is 1. The van der Waals surface area contributed by atoms with Gasteiger partial charge in [0, 0.05) is 25.1 Å². The van der Waals surface area contributed by atoms with Gasteiger partial charge in [-0.1, -0.05) is 18.2 Å². The van der Waals surface area contributed by atoms with Gasteiger partial charge in [-0.05, 0) is 6.07 Å². The first-order valence-corrected chi connectivity index (χ1v) is 5.85. The van der Waals surface area contributed by atoms with Gasteiger partial charge >= 0.3 is 5.97 Å². The Labute approximate surface area is 105 Å². The Morgan fingerprint density at radius 2 is 2.28 bits per heavy atom. The number of carbonyl (C=O) groups is 1. The molecule has 1 aliphatic heterocycles. The highest BCUT2D eigenvalue weighted by Gasteiger charge is 2.36. The van der Waals surface area contributed by atoms with Gasteiger partial charge in [0.1, 0.15) is 11.9 Å². The summed E-state index contributed by atoms with van der Waals surface area (Å²) in [7, 11) is 1.31. The Bertz CT molecular complexity index is 438. The second-order valence-electron chi connectivity index (χ2n) is 4.45. The number of aliphatic hydroxyl groups is 1. The minimum Gasteiger partial charge on any atom is -0.468 e. The fourth-order valence-corrected chi connectivity index (χ4v) is 2.28. The molecule has 1 saturated heterocycles. The summed E-state index contributed by atoms with van der Waals surface area (Å²) < 4.78 is 18.2. The lowest BCUT2D eigenvalue weighted by Crippen LogP contribution is -2.36. The molecule has 2 atom stereocenters. The van der Waals surface area contributed by atoms with Crippen LogP contribution in [0.3, 0.4) is 0 Å². The number of esters is 1. The van der Waals surface area contributed by atoms with Gasteiger partial charge in [0.2, 0.25) is 0 Å². The number of aliphatic hydroxyl groups excluding tert-OH is 1. The van der Waals surface area contributed by atoms with Crippen LogP contribution in [-0.4, -0.2) is 41.8 Å². The lowest BCUT2D eigenvalue weighted by Gasteiger charge is -2.22. The highest BCUT2D eigenvalue weighted by molar-refractivity contribution is 5.76. The molecule has 2 unspecified atom stereocenters. The molecule has 1 fully saturated rings. The molecule has 2 rings (SSSR count). The number of hydrogen-bond donors (Lipinski definition) is 1. The SMILES string of the molecule is COC(=O)C1CC(O)CN1Cc1ccccc1F. The summed E-state index contributed by atoms with van der Waals surface area (Å²) in [4.78, 5) is 13.3. The van der Waals surface area contributed by atoms with Crippen molar-refractivity contribution in [1.29, 1.82) is 0 Å². The summed E-state index contributed by atoms with van der Waals surface area (Å²) in [6.07, 6.45) is -0.234. The minimum absolute atomic E-state index is 0.295. The van der Waals surface area contributed by atoms with Crippen molar-refractivity contribution in [2.24, 2.45) is 0 Å². The number of methoxy groups -OCH3 is 1. The molecule has 4 nitrogen and oxygen atoms in total. The fourth-order valence-electron chi connectivity index (χ4n) is 2.28. The minimum atomic E-state index is -0.569. The first-order chi connectivity index (χ1) is 8.61. The second kappa shape index (κ2) is 5.46. The fraction of sp³-hybridized carbons (Fsp3) is 0.462. The number of nitrogens with zero attached hydrogens (tertiary/aromatic N) is 1. The molecule has 98 valence electrons. The van der Waals surface area contributed by atoms with Crippen LogP contribution >= 0.6 is 0 Å². The maximum atomic E-state index is 13.5. The van der Waals surface area contributed by atoms with E-state index in [1.165, 1.54) is 13.2 Å². The number of hydrogen-bond acceptors (Lipinski definition) is 4. The molecule has 18 heavy (non-hydrogen) atoms. The van der Waals surface area contributed by atoms with Crippen LogP contribution in [0.2, 0.25) is 0 Å². The third-order valence-corrected chi connectivity index (χ3v) is 3.19. The smallest absolute Gasteiger partial charge is 0.323 e. The highest BCUT2D eigenvalue weighted by atomic mass is 19.1. The van der Waals surface area contributed by atoms with Crippen LogP contribution < -0.4 is 0 Å². The molecule has 1 N–H and O–H groups in total. The van der Waals surface area contributed by atoms with Gasteiger partial charge in [0.05, 0.1) is 13.2 Å². The molecule has 1 aliphatic rings. The Morgan fingerprint density at radius 1 is 1.56 bits per heavy atom. The third-order valence-electron chi connectivity index (χ3n) is 3.19. The van der Waals surface area contributed by atoms with E-state index in [1.54, 1.807) is 23.1 Å². The summed E-state index contributed by atoms with van der Waals surface area (Å²) in [5, 5.41) is 9.62. The van der Waals surface area contributed by atoms with E-state index in [1.807, 2.05) is 0 Å². The number of rotatable bonds is 3. The summed E-state index contributed by atoms with van der Waals surface area (Å²) >= 11 is 0. The second-order valence-corrected chi connectivity index (χ2v) is 4.45. The molecule has 0 saturated carbocycles. The van der Waals surface area contributed by atoms with E-state index in [2.05, 4.69) is 0 Å². The molecule has 0 aliphatic carbocycles. The van der Waals surface area contributed by atoms with Crippen LogP contribution in [0.1, 0.15) is 12.0 Å². The molecule has 0 amide bonds. The Balaban J connectivity index is 2.12. The topological polar surface area (TPSA) is 49.8 Å². The Hall–Kier alpha value is -1.46. The van der Waals surface area contributed by atoms with Crippen LogP contribution in [0.25, 0.3) is 0 Å². The van der Waals surface area contributed by atoms with Gasteiger partial charge in [-0.3, -0.25) is 9.69 Å². The van der Waals surface area contributed by atoms with Gasteiger partial charge < -0.3 is 9.84 Å². The normalized spacial score (nSPS) is 24.2. The van der Waals surface area contributed by atoms with Crippen molar-refractivity contribution in [2.45, 2.75) is 25.1 Å². The Kier molecular flexibility index (Phi) is 3.93. The summed E-state index contributed by atoms with van der Waals surface area (Å²) in [5.41, 5.74) is 0.514. The van der Waals surface area contributed by atoms with E-state index < -0.39 is 12.1 Å². The summed E-state index contributed by atoms with van der Waals surface area (Å²) in [6, 6.07) is 5.93. The predicted octanol–water partition coefficient (Wildman–Crippen LogP) is 0.934. The predicted molar refractivity (Wildman–Crippen MR) is 63.2 cm³/mol. The lowest BCUT2D eigenvalue weighted by atomic mass is 10.1. The van der Waals surface area contributed by atoms with E-state index in [4.69, 9.17) is 4.74 Å². The molecule has 0 bridgehead atoms. The maximum absolute atomic E-state index is 13.5. The van der Waals surface area contributed by atoms with Gasteiger partial charge in [0.15, 0.2) is 0 Å². The molecule has 0 aromatic heterocycles. The van der Waals surface area contributed by atoms with Crippen molar-refractivity contribution in [1.82, 2.24) is 4.90 Å². The molecule has 5 heteroatoms. The molecule has 1 aromatic carbocycles. The van der Waals surface area contributed by atoms with Crippen LogP contribution in [0.4, 0.5) is 4.39 Å². The average molecular weight is 253 g/mol. The van der Waals surface area contributed by atoms with Crippen LogP contribution in [0.15, 0.2) is 24.3 Å².